The molecule has 3 rings (SSSR count). The molecule has 0 saturated heterocycles. The Morgan fingerprint density at radius 3 is 2.16 bits per heavy atom. The van der Waals surface area contributed by atoms with Crippen LogP contribution in [0.1, 0.15) is 60.7 Å². The maximum Gasteiger partial charge on any atom is 0.312 e. The molecule has 2 amide bonds. The first-order valence-corrected chi connectivity index (χ1v) is 8.57. The molecule has 1 aromatic rings. The van der Waals surface area contributed by atoms with Crippen LogP contribution in [0.2, 0.25) is 0 Å². The first-order chi connectivity index (χ1) is 11.7. The van der Waals surface area contributed by atoms with Gasteiger partial charge in [-0.1, -0.05) is 24.3 Å². The van der Waals surface area contributed by atoms with Gasteiger partial charge in [-0.25, -0.2) is 0 Å². The summed E-state index contributed by atoms with van der Waals surface area (Å²) in [5.41, 5.74) is -0.0101. The van der Waals surface area contributed by atoms with E-state index in [-0.39, 0.29) is 24.3 Å². The maximum absolute atomic E-state index is 12.3. The van der Waals surface area contributed by atoms with Crippen molar-refractivity contribution in [1.82, 2.24) is 4.90 Å². The second-order valence-electron chi connectivity index (χ2n) is 7.72. The molecule has 1 heterocycles. The molecule has 1 fully saturated rings. The van der Waals surface area contributed by atoms with Gasteiger partial charge >= 0.3 is 5.97 Å². The first-order valence-electron chi connectivity index (χ1n) is 8.57. The van der Waals surface area contributed by atoms with Crippen molar-refractivity contribution >= 4 is 17.8 Å². The molecular formula is C20H23NO4. The molecule has 0 aromatic heterocycles. The SMILES string of the molecule is CC(C)(C)OC(=O)C1(C/C=C/CN2C(=O)c3ccccc3C2=O)CC1. The largest absolute Gasteiger partial charge is 0.460 e. The quantitative estimate of drug-likeness (QED) is 0.468. The molecule has 0 spiro atoms. The average molecular weight is 341 g/mol. The number of carbonyl (C=O) groups excluding carboxylic acids is 3. The number of imide groups is 1. The second-order valence-corrected chi connectivity index (χ2v) is 7.72. The molecule has 0 unspecified atom stereocenters. The maximum atomic E-state index is 12.3. The number of hydrogen-bond acceptors (Lipinski definition) is 4. The zero-order valence-corrected chi connectivity index (χ0v) is 14.9. The minimum absolute atomic E-state index is 0.162. The molecule has 1 saturated carbocycles. The summed E-state index contributed by atoms with van der Waals surface area (Å²) in [5, 5.41) is 0. The topological polar surface area (TPSA) is 63.7 Å². The Bertz CT molecular complexity index is 718. The second kappa shape index (κ2) is 6.14. The van der Waals surface area contributed by atoms with Crippen LogP contribution in [0.25, 0.3) is 0 Å². The van der Waals surface area contributed by atoms with E-state index in [1.54, 1.807) is 30.3 Å². The highest BCUT2D eigenvalue weighted by Gasteiger charge is 2.51. The third-order valence-electron chi connectivity index (χ3n) is 4.53. The Labute approximate surface area is 147 Å². The summed E-state index contributed by atoms with van der Waals surface area (Å²) in [6.45, 7) is 5.80. The van der Waals surface area contributed by atoms with Crippen LogP contribution in [0.15, 0.2) is 36.4 Å². The summed E-state index contributed by atoms with van der Waals surface area (Å²) < 4.78 is 5.48. The van der Waals surface area contributed by atoms with E-state index >= 15 is 0 Å². The van der Waals surface area contributed by atoms with Crippen molar-refractivity contribution in [1.29, 1.82) is 0 Å². The van der Waals surface area contributed by atoms with Crippen LogP contribution in [0.4, 0.5) is 0 Å². The van der Waals surface area contributed by atoms with E-state index in [0.29, 0.717) is 17.5 Å². The molecule has 1 aliphatic carbocycles. The predicted octanol–water partition coefficient (Wildman–Crippen LogP) is 3.35. The zero-order chi connectivity index (χ0) is 18.2. The van der Waals surface area contributed by atoms with E-state index in [4.69, 9.17) is 4.74 Å². The van der Waals surface area contributed by atoms with Crippen LogP contribution in [0.5, 0.6) is 0 Å². The van der Waals surface area contributed by atoms with Gasteiger partial charge in [0.05, 0.1) is 16.5 Å². The van der Waals surface area contributed by atoms with Crippen LogP contribution in [-0.4, -0.2) is 34.8 Å². The van der Waals surface area contributed by atoms with Gasteiger partial charge in [-0.2, -0.15) is 0 Å². The van der Waals surface area contributed by atoms with Crippen molar-refractivity contribution in [2.24, 2.45) is 5.41 Å². The van der Waals surface area contributed by atoms with Crippen molar-refractivity contribution in [3.8, 4) is 0 Å². The van der Waals surface area contributed by atoms with Gasteiger partial charge in [0, 0.05) is 6.54 Å². The van der Waals surface area contributed by atoms with Gasteiger partial charge in [0.15, 0.2) is 0 Å². The Morgan fingerprint density at radius 1 is 1.12 bits per heavy atom. The highest BCUT2D eigenvalue weighted by molar-refractivity contribution is 6.21. The fourth-order valence-corrected chi connectivity index (χ4v) is 2.92. The molecule has 132 valence electrons. The fraction of sp³-hybridized carbons (Fsp3) is 0.450. The molecule has 5 nitrogen and oxygen atoms in total. The molecule has 2 aliphatic rings. The van der Waals surface area contributed by atoms with Crippen molar-refractivity contribution < 1.29 is 19.1 Å². The molecule has 5 heteroatoms. The van der Waals surface area contributed by atoms with Gasteiger partial charge in [-0.15, -0.1) is 0 Å². The zero-order valence-electron chi connectivity index (χ0n) is 14.9. The highest BCUT2D eigenvalue weighted by atomic mass is 16.6. The minimum atomic E-state index is -0.490. The van der Waals surface area contributed by atoms with Crippen molar-refractivity contribution in [2.45, 2.75) is 45.6 Å². The van der Waals surface area contributed by atoms with Gasteiger partial charge in [0.2, 0.25) is 0 Å². The number of rotatable bonds is 5. The number of nitrogens with zero attached hydrogens (tertiary/aromatic N) is 1. The van der Waals surface area contributed by atoms with Crippen LogP contribution >= 0.6 is 0 Å². The van der Waals surface area contributed by atoms with E-state index in [1.807, 2.05) is 26.8 Å². The summed E-state index contributed by atoms with van der Waals surface area (Å²) in [4.78, 5) is 38.0. The molecule has 0 atom stereocenters. The van der Waals surface area contributed by atoms with Crippen LogP contribution in [-0.2, 0) is 9.53 Å². The summed E-state index contributed by atoms with van der Waals surface area (Å²) in [7, 11) is 0. The lowest BCUT2D eigenvalue weighted by Crippen LogP contribution is -2.30. The fourth-order valence-electron chi connectivity index (χ4n) is 2.92. The van der Waals surface area contributed by atoms with E-state index in [1.165, 1.54) is 4.90 Å². The number of ether oxygens (including phenoxy) is 1. The van der Waals surface area contributed by atoms with Crippen LogP contribution in [0.3, 0.4) is 0 Å². The predicted molar refractivity (Wildman–Crippen MR) is 93.1 cm³/mol. The van der Waals surface area contributed by atoms with Gasteiger partial charge < -0.3 is 4.74 Å². The number of fused-ring (bicyclic) bond motifs is 1. The minimum Gasteiger partial charge on any atom is -0.460 e. The molecule has 25 heavy (non-hydrogen) atoms. The van der Waals surface area contributed by atoms with E-state index in [9.17, 15) is 14.4 Å². The number of esters is 1. The normalized spacial score (nSPS) is 18.6. The number of amides is 2. The summed E-state index contributed by atoms with van der Waals surface area (Å²) in [6.07, 6.45) is 5.87. The van der Waals surface area contributed by atoms with Crippen molar-refractivity contribution in [2.75, 3.05) is 6.54 Å². The molecular weight excluding hydrogens is 318 g/mol. The van der Waals surface area contributed by atoms with Gasteiger partial charge in [-0.3, -0.25) is 19.3 Å². The highest BCUT2D eigenvalue weighted by Crippen LogP contribution is 2.50. The lowest BCUT2D eigenvalue weighted by atomic mass is 10.0. The standard InChI is InChI=1S/C20H23NO4/c1-19(2,3)25-18(24)20(11-12-20)10-6-7-13-21-16(22)14-8-4-5-9-15(14)17(21)23/h4-9H,10-13H2,1-3H3/b7-6+. The summed E-state index contributed by atoms with van der Waals surface area (Å²) >= 11 is 0. The monoisotopic (exact) mass is 341 g/mol. The number of hydrogen-bond donors (Lipinski definition) is 0. The van der Waals surface area contributed by atoms with E-state index in [2.05, 4.69) is 0 Å². The van der Waals surface area contributed by atoms with Crippen LogP contribution < -0.4 is 0 Å². The Hall–Kier alpha value is -2.43. The molecule has 1 aromatic carbocycles. The molecule has 1 aliphatic heterocycles. The third-order valence-corrected chi connectivity index (χ3v) is 4.53. The van der Waals surface area contributed by atoms with E-state index in [0.717, 1.165) is 12.8 Å². The summed E-state index contributed by atoms with van der Waals surface area (Å²) in [5.74, 6) is -0.692. The molecule has 0 bridgehead atoms. The lowest BCUT2D eigenvalue weighted by Gasteiger charge is -2.23. The molecule has 0 N–H and O–H groups in total. The number of allylic oxidation sites excluding steroid dienone is 1. The Morgan fingerprint density at radius 2 is 1.68 bits per heavy atom. The number of carbonyl (C=O) groups is 3. The smallest absolute Gasteiger partial charge is 0.312 e. The average Bonchev–Trinajstić information content (AvgIpc) is 3.29. The molecule has 0 radical (unpaired) electrons. The number of benzene rings is 1. The van der Waals surface area contributed by atoms with Gasteiger partial charge in [-0.05, 0) is 52.2 Å². The van der Waals surface area contributed by atoms with Crippen molar-refractivity contribution in [3.63, 3.8) is 0 Å². The first kappa shape index (κ1) is 17.4. The van der Waals surface area contributed by atoms with Gasteiger partial charge in [0.1, 0.15) is 5.60 Å². The lowest BCUT2D eigenvalue weighted by molar-refractivity contribution is -0.161. The Kier molecular flexibility index (Phi) is 4.27. The van der Waals surface area contributed by atoms with E-state index < -0.39 is 11.0 Å². The van der Waals surface area contributed by atoms with Crippen molar-refractivity contribution in [3.05, 3.63) is 47.5 Å². The summed E-state index contributed by atoms with van der Waals surface area (Å²) in [6, 6.07) is 6.84. The van der Waals surface area contributed by atoms with Crippen LogP contribution in [0, 0.1) is 5.41 Å². The third kappa shape index (κ3) is 3.50. The van der Waals surface area contributed by atoms with Gasteiger partial charge in [0.25, 0.3) is 11.8 Å². The Balaban J connectivity index is 1.57.